The van der Waals surface area contributed by atoms with E-state index in [9.17, 15) is 9.59 Å². The Hall–Kier alpha value is -2.93. The van der Waals surface area contributed by atoms with Gasteiger partial charge < -0.3 is 14.2 Å². The van der Waals surface area contributed by atoms with Crippen molar-refractivity contribution in [3.63, 3.8) is 0 Å². The molecule has 31 heavy (non-hydrogen) atoms. The zero-order valence-electron chi connectivity index (χ0n) is 18.2. The van der Waals surface area contributed by atoms with Crippen LogP contribution in [0.15, 0.2) is 42.6 Å². The minimum absolute atomic E-state index is 0.0807. The van der Waals surface area contributed by atoms with Crippen molar-refractivity contribution in [2.24, 2.45) is 5.41 Å². The molecule has 4 rings (SSSR count). The van der Waals surface area contributed by atoms with Crippen molar-refractivity contribution in [2.45, 2.75) is 44.3 Å². The van der Waals surface area contributed by atoms with Crippen molar-refractivity contribution in [1.29, 1.82) is 0 Å². The fourth-order valence-corrected chi connectivity index (χ4v) is 5.26. The Balaban J connectivity index is 1.77. The van der Waals surface area contributed by atoms with Gasteiger partial charge in [-0.1, -0.05) is 30.3 Å². The van der Waals surface area contributed by atoms with E-state index in [0.29, 0.717) is 30.2 Å². The molecule has 2 aromatic rings. The van der Waals surface area contributed by atoms with Crippen LogP contribution in [0.3, 0.4) is 0 Å². The molecule has 1 aromatic carbocycles. The molecule has 164 valence electrons. The first-order valence-electron chi connectivity index (χ1n) is 10.5. The summed E-state index contributed by atoms with van der Waals surface area (Å²) < 4.78 is 16.2. The number of nitrogens with zero attached hydrogens (tertiary/aromatic N) is 2. The number of hydrogen-bond acceptors (Lipinski definition) is 7. The Kier molecular flexibility index (Phi) is 5.96. The predicted molar refractivity (Wildman–Crippen MR) is 114 cm³/mol. The van der Waals surface area contributed by atoms with Crippen LogP contribution in [0.5, 0.6) is 11.5 Å². The molecule has 3 heterocycles. The van der Waals surface area contributed by atoms with E-state index in [1.807, 2.05) is 18.2 Å². The van der Waals surface area contributed by atoms with E-state index < -0.39 is 11.4 Å². The second kappa shape index (κ2) is 8.67. The van der Waals surface area contributed by atoms with E-state index >= 15 is 0 Å². The van der Waals surface area contributed by atoms with Gasteiger partial charge in [-0.3, -0.25) is 19.5 Å². The summed E-state index contributed by atoms with van der Waals surface area (Å²) in [5.41, 5.74) is 0.346. The number of hydrogen-bond donors (Lipinski definition) is 0. The number of methoxy groups -OCH3 is 3. The normalized spacial score (nSPS) is 25.3. The molecular weight excluding hydrogens is 396 g/mol. The number of carbonyl (C=O) groups is 2. The zero-order chi connectivity index (χ0) is 22.0. The van der Waals surface area contributed by atoms with Gasteiger partial charge in [0, 0.05) is 43.7 Å². The number of esters is 1. The number of rotatable bonds is 7. The number of ether oxygens (including phenoxy) is 3. The number of pyridine rings is 1. The monoisotopic (exact) mass is 424 g/mol. The van der Waals surface area contributed by atoms with Gasteiger partial charge in [-0.05, 0) is 18.4 Å². The lowest BCUT2D eigenvalue weighted by molar-refractivity contribution is -0.167. The lowest BCUT2D eigenvalue weighted by Gasteiger charge is -2.45. The Bertz CT molecular complexity index is 964. The molecule has 2 aliphatic heterocycles. The quantitative estimate of drug-likeness (QED) is 0.500. The summed E-state index contributed by atoms with van der Waals surface area (Å²) in [5.74, 6) is 0.368. The van der Waals surface area contributed by atoms with Gasteiger partial charge in [0.05, 0.1) is 27.0 Å². The molecular formula is C24H28N2O5. The van der Waals surface area contributed by atoms with Crippen molar-refractivity contribution in [3.05, 3.63) is 53.9 Å². The van der Waals surface area contributed by atoms with Crippen molar-refractivity contribution in [2.75, 3.05) is 21.3 Å². The van der Waals surface area contributed by atoms with Crippen molar-refractivity contribution >= 4 is 11.8 Å². The lowest BCUT2D eigenvalue weighted by Crippen LogP contribution is -2.61. The van der Waals surface area contributed by atoms with E-state index in [1.54, 1.807) is 19.4 Å². The summed E-state index contributed by atoms with van der Waals surface area (Å²) in [6.45, 7) is 0.685. The fraction of sp³-hybridized carbons (Fsp3) is 0.458. The molecule has 0 saturated carbocycles. The van der Waals surface area contributed by atoms with E-state index in [4.69, 9.17) is 14.2 Å². The Morgan fingerprint density at radius 2 is 1.90 bits per heavy atom. The Morgan fingerprint density at radius 3 is 2.58 bits per heavy atom. The minimum atomic E-state index is -1.33. The molecule has 7 heteroatoms. The molecule has 1 aromatic heterocycles. The molecule has 2 saturated heterocycles. The number of carbonyl (C=O) groups excluding carboxylic acids is 2. The second-order valence-electron chi connectivity index (χ2n) is 8.17. The van der Waals surface area contributed by atoms with E-state index in [1.165, 1.54) is 14.2 Å². The van der Waals surface area contributed by atoms with Gasteiger partial charge in [0.2, 0.25) is 0 Å². The predicted octanol–water partition coefficient (Wildman–Crippen LogP) is 2.81. The summed E-state index contributed by atoms with van der Waals surface area (Å²) in [4.78, 5) is 33.5. The Labute approximate surface area is 182 Å². The molecule has 0 radical (unpaired) electrons. The highest BCUT2D eigenvalue weighted by Crippen LogP contribution is 2.49. The molecule has 0 spiro atoms. The maximum atomic E-state index is 13.5. The molecule has 7 nitrogen and oxygen atoms in total. The second-order valence-corrected chi connectivity index (χ2v) is 8.17. The average Bonchev–Trinajstić information content (AvgIpc) is 3.11. The SMILES string of the molecule is COC(=O)C1(Cc2nccc(OC)c2OC)C(=O)CC2CCC1N2Cc1ccccc1. The first kappa shape index (κ1) is 21.3. The maximum Gasteiger partial charge on any atom is 0.321 e. The molecule has 0 aliphatic carbocycles. The number of aromatic nitrogens is 1. The fourth-order valence-electron chi connectivity index (χ4n) is 5.26. The van der Waals surface area contributed by atoms with Gasteiger partial charge in [-0.25, -0.2) is 0 Å². The third-order valence-electron chi connectivity index (χ3n) is 6.70. The minimum Gasteiger partial charge on any atom is -0.493 e. The van der Waals surface area contributed by atoms with Crippen LogP contribution in [-0.4, -0.2) is 55.0 Å². The number of benzene rings is 1. The largest absolute Gasteiger partial charge is 0.493 e. The summed E-state index contributed by atoms with van der Waals surface area (Å²) in [6.07, 6.45) is 3.68. The average molecular weight is 424 g/mol. The number of Topliss-reactive ketones (excluding diaryl/α,β-unsaturated/α-hetero) is 1. The first-order valence-corrected chi connectivity index (χ1v) is 10.5. The van der Waals surface area contributed by atoms with Crippen molar-refractivity contribution in [1.82, 2.24) is 9.88 Å². The van der Waals surface area contributed by atoms with Crippen LogP contribution in [0, 0.1) is 5.41 Å². The standard InChI is InChI=1S/C24H28N2O5/c1-29-19-11-12-25-18(22(19)30-2)14-24(23(28)31-3)20-10-9-17(13-21(24)27)26(20)15-16-7-5-4-6-8-16/h4-8,11-12,17,20H,9-10,13-15H2,1-3H3. The van der Waals surface area contributed by atoms with E-state index in [2.05, 4.69) is 22.0 Å². The van der Waals surface area contributed by atoms with Crippen LogP contribution in [0.2, 0.25) is 0 Å². The molecule has 3 unspecified atom stereocenters. The molecule has 0 amide bonds. The van der Waals surface area contributed by atoms with E-state index in [-0.39, 0.29) is 24.3 Å². The number of ketones is 1. The Morgan fingerprint density at radius 1 is 1.13 bits per heavy atom. The topological polar surface area (TPSA) is 78.0 Å². The number of piperidine rings is 1. The summed E-state index contributed by atoms with van der Waals surface area (Å²) in [6, 6.07) is 11.7. The third-order valence-corrected chi connectivity index (χ3v) is 6.70. The van der Waals surface area contributed by atoms with Crippen molar-refractivity contribution < 1.29 is 23.8 Å². The highest BCUT2D eigenvalue weighted by molar-refractivity contribution is 6.06. The van der Waals surface area contributed by atoms with Crippen LogP contribution in [0.4, 0.5) is 0 Å². The third kappa shape index (κ3) is 3.57. The molecule has 0 N–H and O–H groups in total. The van der Waals surface area contributed by atoms with Crippen molar-refractivity contribution in [3.8, 4) is 11.5 Å². The van der Waals surface area contributed by atoms with Gasteiger partial charge in [-0.15, -0.1) is 0 Å². The van der Waals surface area contributed by atoms with Crippen LogP contribution >= 0.6 is 0 Å². The lowest BCUT2D eigenvalue weighted by atomic mass is 9.69. The van der Waals surface area contributed by atoms with Gasteiger partial charge in [0.1, 0.15) is 5.41 Å². The summed E-state index contributed by atoms with van der Waals surface area (Å²) in [5, 5.41) is 0. The molecule has 3 atom stereocenters. The molecule has 2 aliphatic rings. The van der Waals surface area contributed by atoms with Crippen LogP contribution in [0.25, 0.3) is 0 Å². The van der Waals surface area contributed by atoms with Gasteiger partial charge in [0.25, 0.3) is 0 Å². The van der Waals surface area contributed by atoms with Gasteiger partial charge in [-0.2, -0.15) is 0 Å². The van der Waals surface area contributed by atoms with Gasteiger partial charge in [0.15, 0.2) is 17.3 Å². The van der Waals surface area contributed by atoms with Crippen LogP contribution < -0.4 is 9.47 Å². The number of fused-ring (bicyclic) bond motifs is 2. The summed E-state index contributed by atoms with van der Waals surface area (Å²) >= 11 is 0. The smallest absolute Gasteiger partial charge is 0.321 e. The summed E-state index contributed by atoms with van der Waals surface area (Å²) in [7, 11) is 4.42. The zero-order valence-corrected chi connectivity index (χ0v) is 18.2. The first-order chi connectivity index (χ1) is 15.0. The van der Waals surface area contributed by atoms with Crippen LogP contribution in [0.1, 0.15) is 30.5 Å². The van der Waals surface area contributed by atoms with Gasteiger partial charge >= 0.3 is 5.97 Å². The highest BCUT2D eigenvalue weighted by atomic mass is 16.5. The van der Waals surface area contributed by atoms with Crippen LogP contribution in [-0.2, 0) is 27.3 Å². The highest BCUT2D eigenvalue weighted by Gasteiger charge is 2.61. The molecule has 2 fully saturated rings. The van der Waals surface area contributed by atoms with E-state index in [0.717, 1.165) is 18.4 Å². The maximum absolute atomic E-state index is 13.5. The molecule has 2 bridgehead atoms.